The van der Waals surface area contributed by atoms with E-state index in [1.807, 2.05) is 0 Å². The number of nitrogens with zero attached hydrogens (tertiary/aromatic N) is 3. The Kier molecular flexibility index (Phi) is 5.41. The average molecular weight is 401 g/mol. The minimum atomic E-state index is -4.48. The first kappa shape index (κ1) is 19.2. The van der Waals surface area contributed by atoms with Crippen LogP contribution >= 0.6 is 11.6 Å². The van der Waals surface area contributed by atoms with Gasteiger partial charge >= 0.3 is 6.18 Å². The van der Waals surface area contributed by atoms with Gasteiger partial charge < -0.3 is 9.80 Å². The third-order valence-corrected chi connectivity index (χ3v) is 4.70. The van der Waals surface area contributed by atoms with Crippen LogP contribution < -0.4 is 10.5 Å². The van der Waals surface area contributed by atoms with Crippen molar-refractivity contribution in [2.24, 2.45) is 0 Å². The van der Waals surface area contributed by atoms with Crippen molar-refractivity contribution in [1.82, 2.24) is 15.1 Å². The zero-order chi connectivity index (χ0) is 19.6. The molecule has 0 spiro atoms. The first-order valence-corrected chi connectivity index (χ1v) is 8.56. The monoisotopic (exact) mass is 400 g/mol. The van der Waals surface area contributed by atoms with Crippen molar-refractivity contribution in [3.63, 3.8) is 0 Å². The van der Waals surface area contributed by atoms with Crippen LogP contribution in [0.2, 0.25) is 5.02 Å². The molecule has 1 N–H and O–H groups in total. The molecule has 0 bridgehead atoms. The number of amides is 1. The van der Waals surface area contributed by atoms with Crippen LogP contribution in [0.3, 0.4) is 0 Å². The Bertz CT molecular complexity index is 900. The number of hydrogen-bond acceptors (Lipinski definition) is 4. The molecule has 2 aromatic rings. The number of H-pyrrole nitrogens is 1. The average Bonchev–Trinajstić information content (AvgIpc) is 2.79. The van der Waals surface area contributed by atoms with Gasteiger partial charge in [-0.3, -0.25) is 9.59 Å². The van der Waals surface area contributed by atoms with Gasteiger partial charge in [0, 0.05) is 19.6 Å². The summed E-state index contributed by atoms with van der Waals surface area (Å²) in [5, 5.41) is 5.81. The van der Waals surface area contributed by atoms with Crippen LogP contribution in [-0.4, -0.2) is 40.6 Å². The number of nitrogens with one attached hydrogen (secondary N) is 1. The molecule has 27 heavy (non-hydrogen) atoms. The van der Waals surface area contributed by atoms with E-state index in [9.17, 15) is 22.8 Å². The lowest BCUT2D eigenvalue weighted by Crippen LogP contribution is -2.37. The smallest absolute Gasteiger partial charge is 0.359 e. The molecule has 1 saturated heterocycles. The molecule has 1 amide bonds. The number of rotatable bonds is 3. The second kappa shape index (κ2) is 7.59. The normalized spacial score (nSPS) is 15.8. The van der Waals surface area contributed by atoms with Gasteiger partial charge in [0.1, 0.15) is 5.02 Å². The van der Waals surface area contributed by atoms with E-state index >= 15 is 0 Å². The molecule has 1 aliphatic rings. The van der Waals surface area contributed by atoms with Gasteiger partial charge in [-0.1, -0.05) is 29.8 Å². The maximum absolute atomic E-state index is 13.2. The number of anilines is 1. The fourth-order valence-electron chi connectivity index (χ4n) is 3.03. The number of alkyl halides is 3. The Hall–Kier alpha value is -2.55. The Morgan fingerprint density at radius 2 is 1.93 bits per heavy atom. The van der Waals surface area contributed by atoms with Crippen molar-refractivity contribution in [3.05, 3.63) is 57.0 Å². The second-order valence-corrected chi connectivity index (χ2v) is 6.52. The molecule has 0 atom stereocenters. The highest BCUT2D eigenvalue weighted by Gasteiger charge is 2.34. The molecular weight excluding hydrogens is 385 g/mol. The summed E-state index contributed by atoms with van der Waals surface area (Å²) in [4.78, 5) is 27.2. The van der Waals surface area contributed by atoms with Crippen molar-refractivity contribution >= 4 is 23.2 Å². The number of halogens is 4. The standard InChI is InChI=1S/C17H16ClF3N4O2/c18-15-13(8-22-23-16(15)27)24-6-3-7-25(14(26)10-24)9-11-4-1-2-5-12(11)17(19,20)21/h1-2,4-5,8H,3,6-7,9-10H2,(H,23,27). The first-order chi connectivity index (χ1) is 12.8. The Labute approximate surface area is 157 Å². The molecule has 1 aliphatic heterocycles. The SMILES string of the molecule is O=C1CN(c2cn[nH]c(=O)c2Cl)CCCN1Cc1ccccc1C(F)(F)F. The Morgan fingerprint density at radius 1 is 1.19 bits per heavy atom. The number of aromatic nitrogens is 2. The van der Waals surface area contributed by atoms with Crippen molar-refractivity contribution in [2.45, 2.75) is 19.1 Å². The highest BCUT2D eigenvalue weighted by Crippen LogP contribution is 2.32. The third kappa shape index (κ3) is 4.24. The van der Waals surface area contributed by atoms with Gasteiger partial charge in [-0.05, 0) is 18.1 Å². The molecule has 1 fully saturated rings. The lowest BCUT2D eigenvalue weighted by Gasteiger charge is -2.24. The molecule has 0 aliphatic carbocycles. The quantitative estimate of drug-likeness (QED) is 0.860. The minimum Gasteiger partial charge on any atom is -0.359 e. The van der Waals surface area contributed by atoms with Crippen LogP contribution in [0.15, 0.2) is 35.3 Å². The van der Waals surface area contributed by atoms with E-state index < -0.39 is 17.3 Å². The van der Waals surface area contributed by atoms with E-state index in [0.717, 1.165) is 6.07 Å². The molecule has 1 aromatic carbocycles. The van der Waals surface area contributed by atoms with Crippen molar-refractivity contribution in [3.8, 4) is 0 Å². The molecule has 144 valence electrons. The largest absolute Gasteiger partial charge is 0.416 e. The number of carbonyl (C=O) groups excluding carboxylic acids is 1. The maximum Gasteiger partial charge on any atom is 0.416 e. The summed E-state index contributed by atoms with van der Waals surface area (Å²) in [6, 6.07) is 5.21. The highest BCUT2D eigenvalue weighted by atomic mass is 35.5. The first-order valence-electron chi connectivity index (χ1n) is 8.18. The van der Waals surface area contributed by atoms with E-state index in [-0.39, 0.29) is 29.6 Å². The van der Waals surface area contributed by atoms with E-state index in [0.29, 0.717) is 25.2 Å². The molecule has 2 heterocycles. The molecular formula is C17H16ClF3N4O2. The summed E-state index contributed by atoms with van der Waals surface area (Å²) < 4.78 is 39.5. The summed E-state index contributed by atoms with van der Waals surface area (Å²) in [6.45, 7) is 0.493. The minimum absolute atomic E-state index is 0.0441. The molecule has 0 saturated carbocycles. The zero-order valence-electron chi connectivity index (χ0n) is 14.1. The summed E-state index contributed by atoms with van der Waals surface area (Å²) >= 11 is 5.99. The van der Waals surface area contributed by atoms with Crippen LogP contribution in [0.4, 0.5) is 18.9 Å². The lowest BCUT2D eigenvalue weighted by atomic mass is 10.1. The molecule has 1 aromatic heterocycles. The molecule has 0 unspecified atom stereocenters. The topological polar surface area (TPSA) is 69.3 Å². The number of aromatic amines is 1. The summed E-state index contributed by atoms with van der Waals surface area (Å²) in [5.41, 5.74) is -0.948. The van der Waals surface area contributed by atoms with Crippen LogP contribution in [0, 0.1) is 0 Å². The van der Waals surface area contributed by atoms with Gasteiger partial charge in [0.2, 0.25) is 5.91 Å². The van der Waals surface area contributed by atoms with Crippen LogP contribution in [0.5, 0.6) is 0 Å². The van der Waals surface area contributed by atoms with Gasteiger partial charge in [0.15, 0.2) is 0 Å². The Morgan fingerprint density at radius 3 is 2.67 bits per heavy atom. The lowest BCUT2D eigenvalue weighted by molar-refractivity contribution is -0.139. The van der Waals surface area contributed by atoms with Gasteiger partial charge in [-0.25, -0.2) is 5.10 Å². The summed E-state index contributed by atoms with van der Waals surface area (Å²) in [5.74, 6) is -0.346. The summed E-state index contributed by atoms with van der Waals surface area (Å²) in [6.07, 6.45) is -2.61. The van der Waals surface area contributed by atoms with E-state index in [4.69, 9.17) is 11.6 Å². The summed E-state index contributed by atoms with van der Waals surface area (Å²) in [7, 11) is 0. The fourth-order valence-corrected chi connectivity index (χ4v) is 3.24. The third-order valence-electron chi connectivity index (χ3n) is 4.34. The van der Waals surface area contributed by atoms with Crippen molar-refractivity contribution in [2.75, 3.05) is 24.5 Å². The second-order valence-electron chi connectivity index (χ2n) is 6.14. The van der Waals surface area contributed by atoms with E-state index in [1.165, 1.54) is 29.3 Å². The number of benzene rings is 1. The highest BCUT2D eigenvalue weighted by molar-refractivity contribution is 6.33. The van der Waals surface area contributed by atoms with Gasteiger partial charge in [0.05, 0.1) is 24.0 Å². The molecule has 10 heteroatoms. The molecule has 6 nitrogen and oxygen atoms in total. The molecule has 3 rings (SSSR count). The van der Waals surface area contributed by atoms with Crippen LogP contribution in [-0.2, 0) is 17.5 Å². The van der Waals surface area contributed by atoms with Gasteiger partial charge in [-0.2, -0.15) is 18.3 Å². The molecule has 0 radical (unpaired) electrons. The van der Waals surface area contributed by atoms with E-state index in [2.05, 4.69) is 10.2 Å². The van der Waals surface area contributed by atoms with Crippen molar-refractivity contribution < 1.29 is 18.0 Å². The zero-order valence-corrected chi connectivity index (χ0v) is 14.8. The van der Waals surface area contributed by atoms with Gasteiger partial charge in [0.25, 0.3) is 5.56 Å². The van der Waals surface area contributed by atoms with Crippen LogP contribution in [0.1, 0.15) is 17.5 Å². The number of carbonyl (C=O) groups is 1. The van der Waals surface area contributed by atoms with Crippen LogP contribution in [0.25, 0.3) is 0 Å². The van der Waals surface area contributed by atoms with Gasteiger partial charge in [-0.15, -0.1) is 0 Å². The predicted octanol–water partition coefficient (Wildman–Crippen LogP) is 2.68. The Balaban J connectivity index is 1.80. The van der Waals surface area contributed by atoms with Crippen molar-refractivity contribution in [1.29, 1.82) is 0 Å². The number of hydrogen-bond donors (Lipinski definition) is 1. The maximum atomic E-state index is 13.2. The predicted molar refractivity (Wildman–Crippen MR) is 93.6 cm³/mol. The fraction of sp³-hybridized carbons (Fsp3) is 0.353. The van der Waals surface area contributed by atoms with E-state index in [1.54, 1.807) is 4.90 Å².